The topological polar surface area (TPSA) is 42.0 Å². The van der Waals surface area contributed by atoms with Crippen LogP contribution < -0.4 is 5.32 Å². The molecule has 15 heavy (non-hydrogen) atoms. The first-order valence-electron chi connectivity index (χ1n) is 4.80. The Bertz CT molecular complexity index is 362. The van der Waals surface area contributed by atoms with Crippen molar-refractivity contribution in [2.75, 3.05) is 0 Å². The summed E-state index contributed by atoms with van der Waals surface area (Å²) in [4.78, 5) is 16.8. The third kappa shape index (κ3) is 3.18. The Balaban J connectivity index is 2.73. The second-order valence-corrected chi connectivity index (χ2v) is 5.42. The fraction of sp³-hybridized carbons (Fsp3) is 0.600. The Hall–Kier alpha value is -0.610. The van der Waals surface area contributed by atoms with Gasteiger partial charge in [0, 0.05) is 4.88 Å². The number of amides is 1. The number of halogens is 1. The van der Waals surface area contributed by atoms with E-state index in [0.717, 1.165) is 15.6 Å². The minimum Gasteiger partial charge on any atom is -0.347 e. The van der Waals surface area contributed by atoms with E-state index in [9.17, 15) is 4.79 Å². The number of alkyl halides is 1. The van der Waals surface area contributed by atoms with Gasteiger partial charge in [0.2, 0.25) is 5.91 Å². The number of aryl methyl sites for hydroxylation is 2. The van der Waals surface area contributed by atoms with Crippen LogP contribution in [0.2, 0.25) is 0 Å². The summed E-state index contributed by atoms with van der Waals surface area (Å²) in [7, 11) is 0. The Morgan fingerprint density at radius 3 is 2.47 bits per heavy atom. The molecule has 0 fully saturated rings. The number of nitrogens with one attached hydrogen (secondary N) is 1. The number of nitrogens with zero attached hydrogens (tertiary/aromatic N) is 1. The molecule has 0 aliphatic carbocycles. The van der Waals surface area contributed by atoms with Crippen LogP contribution in [0.5, 0.6) is 0 Å². The molecule has 0 aromatic carbocycles. The van der Waals surface area contributed by atoms with Crippen molar-refractivity contribution in [2.45, 2.75) is 39.1 Å². The Kier molecular flexibility index (Phi) is 4.11. The summed E-state index contributed by atoms with van der Waals surface area (Å²) >= 11 is 7.29. The van der Waals surface area contributed by atoms with Crippen LogP contribution >= 0.6 is 22.9 Å². The van der Waals surface area contributed by atoms with Gasteiger partial charge in [-0.05, 0) is 27.7 Å². The normalized spacial score (nSPS) is 14.7. The van der Waals surface area contributed by atoms with E-state index < -0.39 is 5.38 Å². The molecule has 0 bridgehead atoms. The van der Waals surface area contributed by atoms with Gasteiger partial charge < -0.3 is 5.32 Å². The quantitative estimate of drug-likeness (QED) is 0.833. The summed E-state index contributed by atoms with van der Waals surface area (Å²) in [5, 5.41) is 3.37. The summed E-state index contributed by atoms with van der Waals surface area (Å²) in [6.45, 7) is 7.51. The Morgan fingerprint density at radius 1 is 1.47 bits per heavy atom. The van der Waals surface area contributed by atoms with Crippen LogP contribution in [-0.4, -0.2) is 16.3 Å². The van der Waals surface area contributed by atoms with Gasteiger partial charge in [0.15, 0.2) is 0 Å². The summed E-state index contributed by atoms with van der Waals surface area (Å²) in [6.07, 6.45) is 0. The van der Waals surface area contributed by atoms with Gasteiger partial charge in [-0.2, -0.15) is 0 Å². The average Bonchev–Trinajstić information content (AvgIpc) is 2.44. The standard InChI is InChI=1S/C10H15ClN2OS/c1-5(11)10(14)13-7(3)9-6(2)12-8(4)15-9/h5,7H,1-4H3,(H,13,14). The molecule has 1 amide bonds. The lowest BCUT2D eigenvalue weighted by molar-refractivity contribution is -0.121. The molecule has 2 atom stereocenters. The summed E-state index contributed by atoms with van der Waals surface area (Å²) in [6, 6.07) is -0.0232. The van der Waals surface area contributed by atoms with E-state index in [1.165, 1.54) is 0 Å². The monoisotopic (exact) mass is 246 g/mol. The predicted octanol–water partition coefficient (Wildman–Crippen LogP) is 2.56. The van der Waals surface area contributed by atoms with E-state index in [2.05, 4.69) is 10.3 Å². The van der Waals surface area contributed by atoms with Crippen molar-refractivity contribution in [3.8, 4) is 0 Å². The van der Waals surface area contributed by atoms with Gasteiger partial charge in [-0.25, -0.2) is 4.98 Å². The lowest BCUT2D eigenvalue weighted by Crippen LogP contribution is -2.31. The molecule has 84 valence electrons. The highest BCUT2D eigenvalue weighted by Crippen LogP contribution is 2.24. The van der Waals surface area contributed by atoms with Crippen LogP contribution in [0.25, 0.3) is 0 Å². The Morgan fingerprint density at radius 2 is 2.07 bits per heavy atom. The second kappa shape index (κ2) is 4.94. The van der Waals surface area contributed by atoms with Crippen molar-refractivity contribution in [1.82, 2.24) is 10.3 Å². The number of thiazole rings is 1. The number of hydrogen-bond donors (Lipinski definition) is 1. The third-order valence-corrected chi connectivity index (χ3v) is 3.51. The van der Waals surface area contributed by atoms with Gasteiger partial charge in [-0.3, -0.25) is 4.79 Å². The average molecular weight is 247 g/mol. The lowest BCUT2D eigenvalue weighted by Gasteiger charge is -2.13. The predicted molar refractivity (Wildman–Crippen MR) is 63.5 cm³/mol. The van der Waals surface area contributed by atoms with E-state index in [0.29, 0.717) is 0 Å². The van der Waals surface area contributed by atoms with Crippen LogP contribution in [0.4, 0.5) is 0 Å². The summed E-state index contributed by atoms with van der Waals surface area (Å²) in [5.74, 6) is -0.144. The molecule has 1 N–H and O–H groups in total. The molecule has 0 aliphatic rings. The smallest absolute Gasteiger partial charge is 0.238 e. The van der Waals surface area contributed by atoms with Gasteiger partial charge >= 0.3 is 0 Å². The summed E-state index contributed by atoms with van der Waals surface area (Å²) < 4.78 is 0. The fourth-order valence-corrected chi connectivity index (χ4v) is 2.34. The van der Waals surface area contributed by atoms with Crippen molar-refractivity contribution in [1.29, 1.82) is 0 Å². The zero-order chi connectivity index (χ0) is 11.6. The lowest BCUT2D eigenvalue weighted by atomic mass is 10.2. The minimum atomic E-state index is -0.498. The van der Waals surface area contributed by atoms with Gasteiger partial charge in [0.05, 0.1) is 16.7 Å². The van der Waals surface area contributed by atoms with Gasteiger partial charge in [0.25, 0.3) is 0 Å². The van der Waals surface area contributed by atoms with E-state index >= 15 is 0 Å². The van der Waals surface area contributed by atoms with E-state index in [1.807, 2.05) is 20.8 Å². The number of rotatable bonds is 3. The molecule has 1 aromatic heterocycles. The number of carbonyl (C=O) groups excluding carboxylic acids is 1. The maximum Gasteiger partial charge on any atom is 0.238 e. The van der Waals surface area contributed by atoms with Crippen LogP contribution in [0, 0.1) is 13.8 Å². The highest BCUT2D eigenvalue weighted by molar-refractivity contribution is 7.11. The molecule has 5 heteroatoms. The molecule has 0 spiro atoms. The minimum absolute atomic E-state index is 0.0232. The van der Waals surface area contributed by atoms with Crippen molar-refractivity contribution in [3.05, 3.63) is 15.6 Å². The highest BCUT2D eigenvalue weighted by Gasteiger charge is 2.17. The fourth-order valence-electron chi connectivity index (χ4n) is 1.34. The van der Waals surface area contributed by atoms with Crippen molar-refractivity contribution < 1.29 is 4.79 Å². The van der Waals surface area contributed by atoms with E-state index in [-0.39, 0.29) is 11.9 Å². The van der Waals surface area contributed by atoms with Gasteiger partial charge in [0.1, 0.15) is 5.38 Å². The van der Waals surface area contributed by atoms with Crippen molar-refractivity contribution >= 4 is 28.8 Å². The molecule has 2 unspecified atom stereocenters. The molecular formula is C10H15ClN2OS. The maximum absolute atomic E-state index is 11.4. The number of aromatic nitrogens is 1. The first-order valence-corrected chi connectivity index (χ1v) is 6.05. The molecule has 1 heterocycles. The van der Waals surface area contributed by atoms with Crippen LogP contribution in [-0.2, 0) is 4.79 Å². The molecule has 3 nitrogen and oxygen atoms in total. The molecule has 1 aromatic rings. The first kappa shape index (κ1) is 12.5. The van der Waals surface area contributed by atoms with Crippen LogP contribution in [0.15, 0.2) is 0 Å². The molecule has 0 saturated heterocycles. The first-order chi connectivity index (χ1) is 6.91. The molecule has 0 radical (unpaired) electrons. The largest absolute Gasteiger partial charge is 0.347 e. The highest BCUT2D eigenvalue weighted by atomic mass is 35.5. The zero-order valence-electron chi connectivity index (χ0n) is 9.30. The van der Waals surface area contributed by atoms with Crippen LogP contribution in [0.1, 0.15) is 35.5 Å². The number of hydrogen-bond acceptors (Lipinski definition) is 3. The zero-order valence-corrected chi connectivity index (χ0v) is 10.9. The third-order valence-electron chi connectivity index (χ3n) is 2.05. The molecule has 0 aliphatic heterocycles. The Labute approximate surface area is 98.9 Å². The molecule has 0 saturated carbocycles. The maximum atomic E-state index is 11.4. The van der Waals surface area contributed by atoms with E-state index in [1.54, 1.807) is 18.3 Å². The van der Waals surface area contributed by atoms with Gasteiger partial charge in [-0.15, -0.1) is 22.9 Å². The van der Waals surface area contributed by atoms with E-state index in [4.69, 9.17) is 11.6 Å². The SMILES string of the molecule is Cc1nc(C)c(C(C)NC(=O)C(C)Cl)s1. The van der Waals surface area contributed by atoms with Crippen molar-refractivity contribution in [3.63, 3.8) is 0 Å². The summed E-state index contributed by atoms with van der Waals surface area (Å²) in [5.41, 5.74) is 0.979. The number of carbonyl (C=O) groups is 1. The second-order valence-electron chi connectivity index (χ2n) is 3.53. The van der Waals surface area contributed by atoms with Crippen molar-refractivity contribution in [2.24, 2.45) is 0 Å². The van der Waals surface area contributed by atoms with Gasteiger partial charge in [-0.1, -0.05) is 0 Å². The molecular weight excluding hydrogens is 232 g/mol. The van der Waals surface area contributed by atoms with Crippen LogP contribution in [0.3, 0.4) is 0 Å². The molecule has 1 rings (SSSR count).